The summed E-state index contributed by atoms with van der Waals surface area (Å²) >= 11 is 0. The predicted octanol–water partition coefficient (Wildman–Crippen LogP) is 12.3. The van der Waals surface area contributed by atoms with Crippen molar-refractivity contribution >= 4 is 22.2 Å². The fourth-order valence-corrected chi connectivity index (χ4v) is 11.6. The van der Waals surface area contributed by atoms with Crippen LogP contribution >= 0.6 is 10.0 Å². The maximum atomic E-state index is 2.58. The van der Waals surface area contributed by atoms with E-state index in [-0.39, 0.29) is 10.8 Å². The highest BCUT2D eigenvalue weighted by atomic mass is 32.3. The van der Waals surface area contributed by atoms with Crippen LogP contribution in [0.5, 0.6) is 0 Å². The van der Waals surface area contributed by atoms with Crippen LogP contribution in [0.25, 0.3) is 34.4 Å². The van der Waals surface area contributed by atoms with Crippen LogP contribution in [-0.2, 0) is 10.8 Å². The Bertz CT molecular complexity index is 1620. The molecule has 1 heteroatoms. The highest BCUT2D eigenvalue weighted by Crippen LogP contribution is 2.72. The summed E-state index contributed by atoms with van der Waals surface area (Å²) in [6, 6.07) is 32.5. The Balaban J connectivity index is 1.38. The van der Waals surface area contributed by atoms with Crippen LogP contribution in [0.1, 0.15) is 99.3 Å². The molecule has 0 aromatic heterocycles. The van der Waals surface area contributed by atoms with Crippen molar-refractivity contribution in [3.05, 3.63) is 129 Å². The van der Waals surface area contributed by atoms with E-state index >= 15 is 0 Å². The molecule has 0 heterocycles. The van der Waals surface area contributed by atoms with Gasteiger partial charge in [0.25, 0.3) is 0 Å². The van der Waals surface area contributed by atoms with Gasteiger partial charge in [-0.2, -0.15) is 0 Å². The molecule has 43 heavy (non-hydrogen) atoms. The molecule has 4 aromatic rings. The Morgan fingerprint density at radius 3 is 1.16 bits per heavy atom. The minimum atomic E-state index is -1.15. The Kier molecular flexibility index (Phi) is 7.21. The molecule has 0 nitrogen and oxygen atoms in total. The maximum Gasteiger partial charge on any atom is 0.0361 e. The molecule has 222 valence electrons. The van der Waals surface area contributed by atoms with Crippen LogP contribution in [0, 0.1) is 0 Å². The minimum Gasteiger partial charge on any atom is -0.226 e. The summed E-state index contributed by atoms with van der Waals surface area (Å²) in [6.45, 7) is 18.4. The number of fused-ring (bicyclic) bond motifs is 2. The van der Waals surface area contributed by atoms with Gasteiger partial charge in [0.1, 0.15) is 0 Å². The molecule has 6 rings (SSSR count). The van der Waals surface area contributed by atoms with Crippen LogP contribution in [0.2, 0.25) is 0 Å². The van der Waals surface area contributed by atoms with E-state index in [1.807, 2.05) is 0 Å². The predicted molar refractivity (Wildman–Crippen MR) is 193 cm³/mol. The molecule has 0 aliphatic heterocycles. The molecular formula is C42H48S. The zero-order valence-electron chi connectivity index (χ0n) is 27.8. The van der Waals surface area contributed by atoms with Gasteiger partial charge in [0, 0.05) is 10.5 Å². The van der Waals surface area contributed by atoms with E-state index in [9.17, 15) is 0 Å². The summed E-state index contributed by atoms with van der Waals surface area (Å²) in [4.78, 5) is 0. The van der Waals surface area contributed by atoms with E-state index in [4.69, 9.17) is 0 Å². The van der Waals surface area contributed by atoms with Gasteiger partial charge in [-0.3, -0.25) is 0 Å². The van der Waals surface area contributed by atoms with E-state index in [1.165, 1.54) is 66.8 Å². The first-order valence-corrected chi connectivity index (χ1v) is 18.3. The third-order valence-corrected chi connectivity index (χ3v) is 13.4. The third-order valence-electron chi connectivity index (χ3n) is 9.75. The van der Waals surface area contributed by atoms with Gasteiger partial charge in [-0.25, -0.2) is 10.0 Å². The molecule has 0 spiro atoms. The SMILES string of the molecule is CC1=Cc2c(-c3ccc(C(C)(C)C)cc3)cccc2C1S(C)(C)C1C(C)=Cc2c(-c3ccc(C(C)(C)C)cc3)cccc21. The van der Waals surface area contributed by atoms with Crippen molar-refractivity contribution < 1.29 is 0 Å². The van der Waals surface area contributed by atoms with E-state index in [0.29, 0.717) is 10.5 Å². The van der Waals surface area contributed by atoms with Gasteiger partial charge in [-0.15, -0.1) is 0 Å². The molecule has 2 unspecified atom stereocenters. The topological polar surface area (TPSA) is 0 Å². The molecule has 2 aliphatic rings. The van der Waals surface area contributed by atoms with Crippen molar-refractivity contribution in [2.45, 2.75) is 76.7 Å². The first-order chi connectivity index (χ1) is 20.2. The molecule has 0 fully saturated rings. The highest BCUT2D eigenvalue weighted by Gasteiger charge is 2.42. The van der Waals surface area contributed by atoms with Crippen molar-refractivity contribution in [1.82, 2.24) is 0 Å². The van der Waals surface area contributed by atoms with E-state index in [1.54, 1.807) is 0 Å². The summed E-state index contributed by atoms with van der Waals surface area (Å²) in [5, 5.41) is 0.871. The van der Waals surface area contributed by atoms with Crippen molar-refractivity contribution in [3.63, 3.8) is 0 Å². The lowest BCUT2D eigenvalue weighted by molar-refractivity contribution is 0.590. The molecule has 0 saturated heterocycles. The van der Waals surface area contributed by atoms with Gasteiger partial charge < -0.3 is 0 Å². The van der Waals surface area contributed by atoms with Crippen molar-refractivity contribution in [2.24, 2.45) is 0 Å². The van der Waals surface area contributed by atoms with Crippen LogP contribution in [0.4, 0.5) is 0 Å². The lowest BCUT2D eigenvalue weighted by atomic mass is 9.86. The van der Waals surface area contributed by atoms with Gasteiger partial charge >= 0.3 is 0 Å². The quantitative estimate of drug-likeness (QED) is 0.224. The van der Waals surface area contributed by atoms with Gasteiger partial charge in [0.15, 0.2) is 0 Å². The monoisotopic (exact) mass is 584 g/mol. The number of hydrogen-bond acceptors (Lipinski definition) is 0. The molecule has 0 N–H and O–H groups in total. The van der Waals surface area contributed by atoms with Gasteiger partial charge in [0.05, 0.1) is 0 Å². The second-order valence-electron chi connectivity index (χ2n) is 15.3. The zero-order valence-corrected chi connectivity index (χ0v) is 28.6. The first kappa shape index (κ1) is 29.8. The van der Waals surface area contributed by atoms with E-state index in [0.717, 1.165) is 0 Å². The standard InChI is InChI=1S/C42H48S/c1-27-25-37-33(29-17-21-31(22-18-29)41(3,4)5)13-11-15-35(37)39(27)43(9,10)40-28(2)26-38-34(14-12-16-36(38)40)30-19-23-32(24-20-30)42(6,7)8/h11-26,39-40H,1-10H3. The zero-order chi connectivity index (χ0) is 30.9. The summed E-state index contributed by atoms with van der Waals surface area (Å²) in [5.74, 6) is 0. The number of rotatable bonds is 4. The molecule has 2 atom stereocenters. The summed E-state index contributed by atoms with van der Waals surface area (Å²) < 4.78 is 0. The molecule has 4 aromatic carbocycles. The molecule has 2 aliphatic carbocycles. The van der Waals surface area contributed by atoms with Gasteiger partial charge in [0.2, 0.25) is 0 Å². The van der Waals surface area contributed by atoms with Crippen molar-refractivity contribution in [1.29, 1.82) is 0 Å². The van der Waals surface area contributed by atoms with Crippen molar-refractivity contribution in [2.75, 3.05) is 12.5 Å². The van der Waals surface area contributed by atoms with Crippen LogP contribution in [0.3, 0.4) is 0 Å². The number of benzene rings is 4. The third kappa shape index (κ3) is 5.14. The molecule has 0 bridgehead atoms. The average molecular weight is 585 g/mol. The van der Waals surface area contributed by atoms with Crippen molar-refractivity contribution in [3.8, 4) is 22.3 Å². The average Bonchev–Trinajstić information content (AvgIpc) is 3.48. The number of hydrogen-bond donors (Lipinski definition) is 0. The fraction of sp³-hybridized carbons (Fsp3) is 0.333. The Hall–Kier alpha value is -3.29. The Labute approximate surface area is 262 Å². The van der Waals surface area contributed by atoms with Crippen LogP contribution < -0.4 is 0 Å². The van der Waals surface area contributed by atoms with Gasteiger partial charge in [-0.1, -0.05) is 150 Å². The highest BCUT2D eigenvalue weighted by molar-refractivity contribution is 8.33. The maximum absolute atomic E-state index is 2.58. The molecular weight excluding hydrogens is 537 g/mol. The molecule has 0 amide bonds. The first-order valence-electron chi connectivity index (χ1n) is 15.7. The lowest BCUT2D eigenvalue weighted by Gasteiger charge is -2.46. The Morgan fingerprint density at radius 1 is 0.488 bits per heavy atom. The normalized spacial score (nSPS) is 18.7. The minimum absolute atomic E-state index is 0.158. The molecule has 0 saturated carbocycles. The van der Waals surface area contributed by atoms with E-state index in [2.05, 4.69) is 165 Å². The second-order valence-corrected chi connectivity index (χ2v) is 19.2. The molecule has 0 radical (unpaired) electrons. The largest absolute Gasteiger partial charge is 0.226 e. The Morgan fingerprint density at radius 2 is 0.837 bits per heavy atom. The van der Waals surface area contributed by atoms with Crippen LogP contribution in [-0.4, -0.2) is 12.5 Å². The smallest absolute Gasteiger partial charge is 0.0361 e. The van der Waals surface area contributed by atoms with Crippen LogP contribution in [0.15, 0.2) is 96.1 Å². The summed E-state index contributed by atoms with van der Waals surface area (Å²) in [7, 11) is -1.15. The lowest BCUT2D eigenvalue weighted by Crippen LogP contribution is -2.16. The fourth-order valence-electron chi connectivity index (χ4n) is 7.59. The van der Waals surface area contributed by atoms with E-state index < -0.39 is 10.0 Å². The summed E-state index contributed by atoms with van der Waals surface area (Å²) in [6.07, 6.45) is 10.1. The summed E-state index contributed by atoms with van der Waals surface area (Å²) in [5.41, 5.74) is 17.3. The second kappa shape index (κ2) is 10.4. The van der Waals surface area contributed by atoms with Gasteiger partial charge in [-0.05, 0) is 92.8 Å².